The van der Waals surface area contributed by atoms with Gasteiger partial charge in [0.05, 0.1) is 18.8 Å². The van der Waals surface area contributed by atoms with E-state index >= 15 is 0 Å². The lowest BCUT2D eigenvalue weighted by Gasteiger charge is -2.12. The van der Waals surface area contributed by atoms with Gasteiger partial charge in [-0.05, 0) is 37.0 Å². The van der Waals surface area contributed by atoms with Crippen molar-refractivity contribution in [3.05, 3.63) is 29.8 Å². The summed E-state index contributed by atoms with van der Waals surface area (Å²) in [6.07, 6.45) is 4.04. The molecule has 1 saturated heterocycles. The lowest BCUT2D eigenvalue weighted by atomic mass is 10.1. The van der Waals surface area contributed by atoms with E-state index in [9.17, 15) is 5.11 Å². The van der Waals surface area contributed by atoms with Crippen LogP contribution in [0.2, 0.25) is 0 Å². The highest BCUT2D eigenvalue weighted by molar-refractivity contribution is 5.28. The van der Waals surface area contributed by atoms with E-state index in [1.807, 2.05) is 31.2 Å². The maximum Gasteiger partial charge on any atom is 0.119 e. The van der Waals surface area contributed by atoms with Crippen LogP contribution in [0, 0.1) is 0 Å². The molecule has 0 saturated carbocycles. The van der Waals surface area contributed by atoms with Gasteiger partial charge in [0.2, 0.25) is 0 Å². The Morgan fingerprint density at radius 2 is 2.17 bits per heavy atom. The van der Waals surface area contributed by atoms with Crippen LogP contribution >= 0.6 is 0 Å². The molecule has 1 aliphatic rings. The maximum atomic E-state index is 9.68. The molecular formula is C15H22O3. The van der Waals surface area contributed by atoms with Crippen molar-refractivity contribution < 1.29 is 14.6 Å². The summed E-state index contributed by atoms with van der Waals surface area (Å²) in [4.78, 5) is 0. The molecule has 0 amide bonds. The van der Waals surface area contributed by atoms with E-state index in [0.717, 1.165) is 37.2 Å². The Labute approximate surface area is 109 Å². The van der Waals surface area contributed by atoms with Crippen molar-refractivity contribution in [2.45, 2.75) is 44.8 Å². The molecule has 1 N–H and O–H groups in total. The quantitative estimate of drug-likeness (QED) is 0.843. The van der Waals surface area contributed by atoms with E-state index in [1.54, 1.807) is 0 Å². The second-order valence-electron chi connectivity index (χ2n) is 4.77. The van der Waals surface area contributed by atoms with Crippen molar-refractivity contribution in [3.63, 3.8) is 0 Å². The molecule has 3 heteroatoms. The molecule has 0 radical (unpaired) electrons. The van der Waals surface area contributed by atoms with Gasteiger partial charge in [0.25, 0.3) is 0 Å². The zero-order valence-corrected chi connectivity index (χ0v) is 11.0. The standard InChI is InChI=1S/C15H22O3/c1-2-15(16)12-5-7-14(8-6-12)18-11-9-13-4-3-10-17-13/h5-8,13,15-16H,2-4,9-11H2,1H3. The van der Waals surface area contributed by atoms with Gasteiger partial charge in [0, 0.05) is 13.0 Å². The Morgan fingerprint density at radius 1 is 1.39 bits per heavy atom. The highest BCUT2D eigenvalue weighted by Gasteiger charge is 2.15. The van der Waals surface area contributed by atoms with Crippen LogP contribution in [0.1, 0.15) is 44.3 Å². The van der Waals surface area contributed by atoms with E-state index in [0.29, 0.717) is 12.7 Å². The van der Waals surface area contributed by atoms with Gasteiger partial charge in [-0.15, -0.1) is 0 Å². The molecule has 0 aliphatic carbocycles. The van der Waals surface area contributed by atoms with Crippen LogP contribution in [-0.4, -0.2) is 24.4 Å². The molecule has 1 aliphatic heterocycles. The number of ether oxygens (including phenoxy) is 2. The van der Waals surface area contributed by atoms with Crippen LogP contribution in [-0.2, 0) is 4.74 Å². The lowest BCUT2D eigenvalue weighted by Crippen LogP contribution is -2.10. The zero-order chi connectivity index (χ0) is 12.8. The molecule has 1 aromatic carbocycles. The zero-order valence-electron chi connectivity index (χ0n) is 11.0. The molecule has 100 valence electrons. The van der Waals surface area contributed by atoms with Crippen molar-refractivity contribution in [2.24, 2.45) is 0 Å². The number of aliphatic hydroxyl groups excluding tert-OH is 1. The van der Waals surface area contributed by atoms with Crippen LogP contribution in [0.5, 0.6) is 5.75 Å². The van der Waals surface area contributed by atoms with Gasteiger partial charge in [-0.1, -0.05) is 19.1 Å². The summed E-state index contributed by atoms with van der Waals surface area (Å²) in [7, 11) is 0. The molecule has 0 spiro atoms. The number of hydrogen-bond donors (Lipinski definition) is 1. The molecule has 2 unspecified atom stereocenters. The topological polar surface area (TPSA) is 38.7 Å². The van der Waals surface area contributed by atoms with E-state index in [2.05, 4.69) is 0 Å². The first-order chi connectivity index (χ1) is 8.79. The number of benzene rings is 1. The average molecular weight is 250 g/mol. The molecule has 2 rings (SSSR count). The fourth-order valence-corrected chi connectivity index (χ4v) is 2.20. The first kappa shape index (κ1) is 13.4. The number of hydrogen-bond acceptors (Lipinski definition) is 3. The first-order valence-corrected chi connectivity index (χ1v) is 6.82. The van der Waals surface area contributed by atoms with Gasteiger partial charge in [-0.3, -0.25) is 0 Å². The molecule has 3 nitrogen and oxygen atoms in total. The molecule has 2 atom stereocenters. The van der Waals surface area contributed by atoms with Crippen molar-refractivity contribution in [1.82, 2.24) is 0 Å². The van der Waals surface area contributed by atoms with Crippen LogP contribution in [0.25, 0.3) is 0 Å². The summed E-state index contributed by atoms with van der Waals surface area (Å²) in [5.41, 5.74) is 0.948. The Kier molecular flexibility index (Phi) is 5.02. The van der Waals surface area contributed by atoms with Gasteiger partial charge in [-0.2, -0.15) is 0 Å². The van der Waals surface area contributed by atoms with Gasteiger partial charge in [-0.25, -0.2) is 0 Å². The lowest BCUT2D eigenvalue weighted by molar-refractivity contribution is 0.0903. The number of aliphatic hydroxyl groups is 1. The van der Waals surface area contributed by atoms with Crippen molar-refractivity contribution >= 4 is 0 Å². The smallest absolute Gasteiger partial charge is 0.119 e. The minimum Gasteiger partial charge on any atom is -0.493 e. The second kappa shape index (κ2) is 6.76. The molecule has 1 heterocycles. The van der Waals surface area contributed by atoms with Gasteiger partial charge in [0.1, 0.15) is 5.75 Å². The fourth-order valence-electron chi connectivity index (χ4n) is 2.20. The Morgan fingerprint density at radius 3 is 2.78 bits per heavy atom. The van der Waals surface area contributed by atoms with Crippen LogP contribution in [0.15, 0.2) is 24.3 Å². The maximum absolute atomic E-state index is 9.68. The molecular weight excluding hydrogens is 228 g/mol. The molecule has 0 aromatic heterocycles. The highest BCUT2D eigenvalue weighted by atomic mass is 16.5. The normalized spacial score (nSPS) is 20.9. The molecule has 1 aromatic rings. The van der Waals surface area contributed by atoms with Crippen molar-refractivity contribution in [2.75, 3.05) is 13.2 Å². The summed E-state index contributed by atoms with van der Waals surface area (Å²) in [6, 6.07) is 7.69. The Bertz CT molecular complexity index is 341. The summed E-state index contributed by atoms with van der Waals surface area (Å²) < 4.78 is 11.2. The van der Waals surface area contributed by atoms with E-state index in [1.165, 1.54) is 6.42 Å². The van der Waals surface area contributed by atoms with E-state index < -0.39 is 0 Å². The van der Waals surface area contributed by atoms with E-state index in [4.69, 9.17) is 9.47 Å². The van der Waals surface area contributed by atoms with Crippen molar-refractivity contribution in [1.29, 1.82) is 0 Å². The summed E-state index contributed by atoms with van der Waals surface area (Å²) in [5, 5.41) is 9.68. The van der Waals surface area contributed by atoms with Gasteiger partial charge >= 0.3 is 0 Å². The largest absolute Gasteiger partial charge is 0.493 e. The number of rotatable bonds is 6. The van der Waals surface area contributed by atoms with Gasteiger partial charge < -0.3 is 14.6 Å². The minimum atomic E-state index is -0.370. The fraction of sp³-hybridized carbons (Fsp3) is 0.600. The predicted octanol–water partition coefficient (Wildman–Crippen LogP) is 3.08. The summed E-state index contributed by atoms with van der Waals surface area (Å²) >= 11 is 0. The molecule has 0 bridgehead atoms. The Balaban J connectivity index is 1.75. The van der Waals surface area contributed by atoms with Crippen LogP contribution in [0.4, 0.5) is 0 Å². The van der Waals surface area contributed by atoms with Crippen LogP contribution < -0.4 is 4.74 Å². The third kappa shape index (κ3) is 3.72. The third-order valence-electron chi connectivity index (χ3n) is 3.38. The Hall–Kier alpha value is -1.06. The predicted molar refractivity (Wildman–Crippen MR) is 70.8 cm³/mol. The monoisotopic (exact) mass is 250 g/mol. The second-order valence-corrected chi connectivity index (χ2v) is 4.77. The van der Waals surface area contributed by atoms with E-state index in [-0.39, 0.29) is 6.10 Å². The first-order valence-electron chi connectivity index (χ1n) is 6.82. The SMILES string of the molecule is CCC(O)c1ccc(OCCC2CCCO2)cc1. The average Bonchev–Trinajstić information content (AvgIpc) is 2.92. The minimum absolute atomic E-state index is 0.370. The highest BCUT2D eigenvalue weighted by Crippen LogP contribution is 2.20. The van der Waals surface area contributed by atoms with Gasteiger partial charge in [0.15, 0.2) is 0 Å². The van der Waals surface area contributed by atoms with Crippen molar-refractivity contribution in [3.8, 4) is 5.75 Å². The summed E-state index contributed by atoms with van der Waals surface area (Å²) in [5.74, 6) is 0.861. The third-order valence-corrected chi connectivity index (χ3v) is 3.38. The summed E-state index contributed by atoms with van der Waals surface area (Å²) in [6.45, 7) is 3.56. The van der Waals surface area contributed by atoms with Crippen LogP contribution in [0.3, 0.4) is 0 Å². The molecule has 18 heavy (non-hydrogen) atoms. The molecule has 1 fully saturated rings.